The minimum atomic E-state index is -3.92. The van der Waals surface area contributed by atoms with Gasteiger partial charge in [0.15, 0.2) is 0 Å². The summed E-state index contributed by atoms with van der Waals surface area (Å²) >= 11 is 0. The molecular formula is C25H27NO6S. The quantitative estimate of drug-likeness (QED) is 0.320. The minimum Gasteiger partial charge on any atom is -0.425 e. The maximum absolute atomic E-state index is 13.0. The van der Waals surface area contributed by atoms with Crippen molar-refractivity contribution in [1.29, 1.82) is 0 Å². The van der Waals surface area contributed by atoms with E-state index in [2.05, 4.69) is 4.72 Å². The number of carbonyl (C=O) groups is 1. The van der Waals surface area contributed by atoms with E-state index in [1.54, 1.807) is 24.3 Å². The molecule has 1 aliphatic rings. The Balaban J connectivity index is 1.58. The van der Waals surface area contributed by atoms with Crippen LogP contribution in [0.25, 0.3) is 11.0 Å². The lowest BCUT2D eigenvalue weighted by atomic mass is 10.0. The predicted octanol–water partition coefficient (Wildman–Crippen LogP) is 3.89. The Labute approximate surface area is 192 Å². The first-order valence-corrected chi connectivity index (χ1v) is 12.5. The van der Waals surface area contributed by atoms with Crippen molar-refractivity contribution in [2.75, 3.05) is 0 Å². The van der Waals surface area contributed by atoms with E-state index in [0.29, 0.717) is 12.0 Å². The molecule has 3 aromatic rings. The molecule has 1 atom stereocenters. The highest BCUT2D eigenvalue weighted by molar-refractivity contribution is 7.89. The third-order valence-corrected chi connectivity index (χ3v) is 7.27. The van der Waals surface area contributed by atoms with Crippen molar-refractivity contribution in [3.63, 3.8) is 0 Å². The van der Waals surface area contributed by atoms with Crippen molar-refractivity contribution in [2.24, 2.45) is 5.92 Å². The number of esters is 1. The Morgan fingerprint density at radius 2 is 1.79 bits per heavy atom. The van der Waals surface area contributed by atoms with Crippen LogP contribution < -0.4 is 15.1 Å². The largest absolute Gasteiger partial charge is 0.425 e. The molecule has 0 spiro atoms. The fourth-order valence-corrected chi connectivity index (χ4v) is 5.35. The molecule has 2 aromatic carbocycles. The van der Waals surface area contributed by atoms with Crippen molar-refractivity contribution >= 4 is 27.0 Å². The highest BCUT2D eigenvalue weighted by Gasteiger charge is 2.28. The molecule has 0 amide bonds. The van der Waals surface area contributed by atoms with Crippen LogP contribution in [0.15, 0.2) is 56.6 Å². The van der Waals surface area contributed by atoms with Gasteiger partial charge in [0.1, 0.15) is 17.4 Å². The smallest absolute Gasteiger partial charge is 0.339 e. The topological polar surface area (TPSA) is 103 Å². The van der Waals surface area contributed by atoms with Gasteiger partial charge in [-0.3, -0.25) is 0 Å². The van der Waals surface area contributed by atoms with Crippen LogP contribution in [-0.4, -0.2) is 20.4 Å². The Kier molecular flexibility index (Phi) is 6.41. The molecule has 0 radical (unpaired) electrons. The fraction of sp³-hybridized carbons (Fsp3) is 0.360. The van der Waals surface area contributed by atoms with Crippen molar-refractivity contribution in [2.45, 2.75) is 57.4 Å². The second kappa shape index (κ2) is 9.11. The molecule has 0 fully saturated rings. The van der Waals surface area contributed by atoms with E-state index in [1.807, 2.05) is 20.8 Å². The molecule has 33 heavy (non-hydrogen) atoms. The van der Waals surface area contributed by atoms with E-state index in [1.165, 1.54) is 18.2 Å². The van der Waals surface area contributed by atoms with Gasteiger partial charge in [0.2, 0.25) is 10.0 Å². The third kappa shape index (κ3) is 5.02. The lowest BCUT2D eigenvalue weighted by Gasteiger charge is -2.19. The van der Waals surface area contributed by atoms with Gasteiger partial charge in [-0.25, -0.2) is 18.0 Å². The molecule has 0 saturated carbocycles. The summed E-state index contributed by atoms with van der Waals surface area (Å²) in [6, 6.07) is 10.2. The summed E-state index contributed by atoms with van der Waals surface area (Å²) in [7, 11) is -3.92. The van der Waals surface area contributed by atoms with Gasteiger partial charge in [-0.15, -0.1) is 0 Å². The number of aryl methyl sites for hydroxylation is 2. The summed E-state index contributed by atoms with van der Waals surface area (Å²) in [4.78, 5) is 25.3. The lowest BCUT2D eigenvalue weighted by Crippen LogP contribution is -2.43. The van der Waals surface area contributed by atoms with Gasteiger partial charge in [-0.1, -0.05) is 31.5 Å². The third-order valence-electron chi connectivity index (χ3n) is 5.78. The number of ether oxygens (including phenoxy) is 1. The zero-order valence-electron chi connectivity index (χ0n) is 18.9. The first kappa shape index (κ1) is 23.2. The molecule has 1 N–H and O–H groups in total. The number of fused-ring (bicyclic) bond motifs is 3. The van der Waals surface area contributed by atoms with Crippen molar-refractivity contribution < 1.29 is 22.4 Å². The summed E-state index contributed by atoms with van der Waals surface area (Å²) in [6.07, 6.45) is 2.70. The average molecular weight is 470 g/mol. The number of hydrogen-bond donors (Lipinski definition) is 1. The van der Waals surface area contributed by atoms with Gasteiger partial charge in [0, 0.05) is 17.0 Å². The maximum atomic E-state index is 13.0. The van der Waals surface area contributed by atoms with Crippen LogP contribution in [0.3, 0.4) is 0 Å². The van der Waals surface area contributed by atoms with Gasteiger partial charge in [0.05, 0.1) is 4.90 Å². The van der Waals surface area contributed by atoms with Gasteiger partial charge >= 0.3 is 11.6 Å². The summed E-state index contributed by atoms with van der Waals surface area (Å²) in [5.74, 6) is -0.486. The molecule has 1 heterocycles. The van der Waals surface area contributed by atoms with Crippen LogP contribution in [0.2, 0.25) is 0 Å². The highest BCUT2D eigenvalue weighted by Crippen LogP contribution is 2.30. The maximum Gasteiger partial charge on any atom is 0.339 e. The van der Waals surface area contributed by atoms with E-state index >= 15 is 0 Å². The number of hydrogen-bond acceptors (Lipinski definition) is 6. The zero-order chi connectivity index (χ0) is 23.8. The monoisotopic (exact) mass is 469 g/mol. The Morgan fingerprint density at radius 1 is 1.09 bits per heavy atom. The molecule has 0 unspecified atom stereocenters. The van der Waals surface area contributed by atoms with E-state index < -0.39 is 22.0 Å². The van der Waals surface area contributed by atoms with Gasteiger partial charge in [-0.05, 0) is 68.4 Å². The fourth-order valence-electron chi connectivity index (χ4n) is 4.15. The predicted molar refractivity (Wildman–Crippen MR) is 125 cm³/mol. The Hall–Kier alpha value is -2.97. The molecule has 4 rings (SSSR count). The number of rotatable bonds is 7. The average Bonchev–Trinajstić information content (AvgIpc) is 3.24. The molecule has 1 aliphatic carbocycles. The summed E-state index contributed by atoms with van der Waals surface area (Å²) in [5, 5.41) is 0.834. The molecular weight excluding hydrogens is 442 g/mol. The van der Waals surface area contributed by atoms with Crippen LogP contribution in [-0.2, 0) is 27.7 Å². The molecule has 8 heteroatoms. The van der Waals surface area contributed by atoms with E-state index in [4.69, 9.17) is 9.15 Å². The van der Waals surface area contributed by atoms with Crippen molar-refractivity contribution in [3.8, 4) is 5.75 Å². The summed E-state index contributed by atoms with van der Waals surface area (Å²) < 4.78 is 39.1. The first-order chi connectivity index (χ1) is 15.6. The SMILES string of the molecule is Cc1ccc(S(=O)(=O)N[C@@H](CC(C)C)C(=O)Oc2ccc3c4c(c(=O)oc3c2)CCC4)cc1. The molecule has 0 saturated heterocycles. The molecule has 0 bridgehead atoms. The normalized spacial score (nSPS) is 14.4. The van der Waals surface area contributed by atoms with E-state index in [-0.39, 0.29) is 28.6 Å². The summed E-state index contributed by atoms with van der Waals surface area (Å²) in [6.45, 7) is 5.65. The Bertz CT molecular complexity index is 1360. The standard InChI is InChI=1S/C25H27NO6S/c1-15(2)13-22(26-33(29,30)18-10-7-16(3)8-11-18)25(28)31-17-9-12-20-19-5-4-6-21(19)24(27)32-23(20)14-17/h7-12,14-15,22,26H,4-6,13H2,1-3H3/t22-/m0/s1. The lowest BCUT2D eigenvalue weighted by molar-refractivity contribution is -0.136. The van der Waals surface area contributed by atoms with Crippen LogP contribution in [0.5, 0.6) is 5.75 Å². The van der Waals surface area contributed by atoms with E-state index in [0.717, 1.165) is 34.9 Å². The highest BCUT2D eigenvalue weighted by atomic mass is 32.2. The molecule has 174 valence electrons. The van der Waals surface area contributed by atoms with Gasteiger partial charge in [-0.2, -0.15) is 4.72 Å². The van der Waals surface area contributed by atoms with Crippen molar-refractivity contribution in [3.05, 3.63) is 69.6 Å². The van der Waals surface area contributed by atoms with Gasteiger partial charge in [0.25, 0.3) is 0 Å². The van der Waals surface area contributed by atoms with Gasteiger partial charge < -0.3 is 9.15 Å². The van der Waals surface area contributed by atoms with Crippen molar-refractivity contribution in [1.82, 2.24) is 4.72 Å². The minimum absolute atomic E-state index is 0.0421. The number of sulfonamides is 1. The first-order valence-electron chi connectivity index (χ1n) is 11.0. The number of nitrogens with one attached hydrogen (secondary N) is 1. The molecule has 0 aliphatic heterocycles. The van der Waals surface area contributed by atoms with Crippen LogP contribution >= 0.6 is 0 Å². The van der Waals surface area contributed by atoms with Crippen LogP contribution in [0.1, 0.15) is 43.4 Å². The Morgan fingerprint density at radius 3 is 2.48 bits per heavy atom. The molecule has 7 nitrogen and oxygen atoms in total. The van der Waals surface area contributed by atoms with E-state index in [9.17, 15) is 18.0 Å². The second-order valence-corrected chi connectivity index (χ2v) is 10.6. The number of benzene rings is 2. The summed E-state index contributed by atoms with van der Waals surface area (Å²) in [5.41, 5.74) is 2.63. The second-order valence-electron chi connectivity index (χ2n) is 8.90. The van der Waals surface area contributed by atoms with Crippen LogP contribution in [0.4, 0.5) is 0 Å². The zero-order valence-corrected chi connectivity index (χ0v) is 19.7. The molecule has 1 aromatic heterocycles. The van der Waals surface area contributed by atoms with Crippen LogP contribution in [0, 0.1) is 12.8 Å². The number of carbonyl (C=O) groups excluding carboxylic acids is 1.